The van der Waals surface area contributed by atoms with Gasteiger partial charge < -0.3 is 5.11 Å². The fourth-order valence-electron chi connectivity index (χ4n) is 2.86. The normalized spacial score (nSPS) is 28.0. The molecule has 2 nitrogen and oxygen atoms in total. The standard InChI is InChI=1S/C14H17BrO2/c1-9-8-14(2,5-6-16)12-7-10(15)3-4-11(12)13(9)17/h3-4,7,9,16H,5-6,8H2,1-2H3. The topological polar surface area (TPSA) is 37.3 Å². The predicted octanol–water partition coefficient (Wildman–Crippen LogP) is 3.31. The minimum absolute atomic E-state index is 0.0419. The van der Waals surface area contributed by atoms with Crippen LogP contribution in [0.25, 0.3) is 0 Å². The first-order valence-corrected chi connectivity index (χ1v) is 6.72. The van der Waals surface area contributed by atoms with Crippen molar-refractivity contribution in [1.29, 1.82) is 0 Å². The Morgan fingerprint density at radius 2 is 2.24 bits per heavy atom. The van der Waals surface area contributed by atoms with Crippen LogP contribution < -0.4 is 0 Å². The van der Waals surface area contributed by atoms with Gasteiger partial charge in [-0.25, -0.2) is 0 Å². The van der Waals surface area contributed by atoms with Crippen molar-refractivity contribution in [3.63, 3.8) is 0 Å². The number of carbonyl (C=O) groups excluding carboxylic acids is 1. The molecule has 2 atom stereocenters. The van der Waals surface area contributed by atoms with E-state index in [9.17, 15) is 9.90 Å². The summed E-state index contributed by atoms with van der Waals surface area (Å²) >= 11 is 3.45. The lowest BCUT2D eigenvalue weighted by Gasteiger charge is -2.38. The zero-order valence-electron chi connectivity index (χ0n) is 10.2. The van der Waals surface area contributed by atoms with Crippen LogP contribution in [0.1, 0.15) is 42.6 Å². The van der Waals surface area contributed by atoms with Crippen LogP contribution in [0.5, 0.6) is 0 Å². The van der Waals surface area contributed by atoms with E-state index in [2.05, 4.69) is 22.9 Å². The molecule has 0 spiro atoms. The van der Waals surface area contributed by atoms with E-state index < -0.39 is 0 Å². The largest absolute Gasteiger partial charge is 0.396 e. The lowest BCUT2D eigenvalue weighted by molar-refractivity contribution is 0.0871. The van der Waals surface area contributed by atoms with Crippen LogP contribution >= 0.6 is 15.9 Å². The second-order valence-corrected chi connectivity index (χ2v) is 6.11. The molecule has 3 heteroatoms. The monoisotopic (exact) mass is 296 g/mol. The van der Waals surface area contributed by atoms with E-state index in [1.165, 1.54) is 0 Å². The molecular formula is C14H17BrO2. The van der Waals surface area contributed by atoms with Gasteiger partial charge in [0.25, 0.3) is 0 Å². The van der Waals surface area contributed by atoms with E-state index in [0.29, 0.717) is 6.42 Å². The van der Waals surface area contributed by atoms with Crippen LogP contribution in [0.2, 0.25) is 0 Å². The first-order valence-electron chi connectivity index (χ1n) is 5.93. The second-order valence-electron chi connectivity index (χ2n) is 5.19. The predicted molar refractivity (Wildman–Crippen MR) is 71.3 cm³/mol. The molecule has 0 bridgehead atoms. The van der Waals surface area contributed by atoms with Crippen LogP contribution in [-0.2, 0) is 5.41 Å². The molecule has 0 aromatic heterocycles. The van der Waals surface area contributed by atoms with Crippen molar-refractivity contribution in [2.24, 2.45) is 5.92 Å². The summed E-state index contributed by atoms with van der Waals surface area (Å²) in [6.45, 7) is 4.27. The lowest BCUT2D eigenvalue weighted by atomic mass is 9.66. The molecule has 0 saturated carbocycles. The van der Waals surface area contributed by atoms with Crippen LogP contribution in [0, 0.1) is 5.92 Å². The molecule has 0 radical (unpaired) electrons. The zero-order valence-corrected chi connectivity index (χ0v) is 11.8. The molecule has 17 heavy (non-hydrogen) atoms. The Bertz CT molecular complexity index is 456. The van der Waals surface area contributed by atoms with Crippen LogP contribution in [-0.4, -0.2) is 17.5 Å². The van der Waals surface area contributed by atoms with E-state index in [0.717, 1.165) is 22.0 Å². The van der Waals surface area contributed by atoms with Gasteiger partial charge in [-0.15, -0.1) is 0 Å². The molecule has 0 saturated heterocycles. The molecule has 1 aromatic rings. The first kappa shape index (κ1) is 12.8. The quantitative estimate of drug-likeness (QED) is 0.909. The molecule has 1 aromatic carbocycles. The number of benzene rings is 1. The Morgan fingerprint density at radius 1 is 1.53 bits per heavy atom. The number of hydrogen-bond donors (Lipinski definition) is 1. The van der Waals surface area contributed by atoms with Crippen molar-refractivity contribution < 1.29 is 9.90 Å². The molecule has 92 valence electrons. The Labute approximate surface area is 110 Å². The van der Waals surface area contributed by atoms with Gasteiger partial charge in [0.05, 0.1) is 0 Å². The summed E-state index contributed by atoms with van der Waals surface area (Å²) < 4.78 is 0.989. The molecule has 0 aliphatic heterocycles. The number of hydrogen-bond acceptors (Lipinski definition) is 2. The second kappa shape index (κ2) is 4.54. The van der Waals surface area contributed by atoms with Crippen LogP contribution in [0.4, 0.5) is 0 Å². The number of carbonyl (C=O) groups is 1. The summed E-state index contributed by atoms with van der Waals surface area (Å²) in [6, 6.07) is 5.83. The summed E-state index contributed by atoms with van der Waals surface area (Å²) in [5.41, 5.74) is 1.80. The molecule has 0 amide bonds. The molecular weight excluding hydrogens is 280 g/mol. The smallest absolute Gasteiger partial charge is 0.165 e. The molecule has 0 heterocycles. The van der Waals surface area contributed by atoms with Crippen molar-refractivity contribution in [3.05, 3.63) is 33.8 Å². The molecule has 1 aliphatic carbocycles. The number of Topliss-reactive ketones (excluding diaryl/α,β-unsaturated/α-hetero) is 1. The number of ketones is 1. The number of aliphatic hydroxyl groups is 1. The lowest BCUT2D eigenvalue weighted by Crippen LogP contribution is -2.36. The third kappa shape index (κ3) is 2.18. The Hall–Kier alpha value is -0.670. The fraction of sp³-hybridized carbons (Fsp3) is 0.500. The summed E-state index contributed by atoms with van der Waals surface area (Å²) in [6.07, 6.45) is 1.52. The van der Waals surface area contributed by atoms with Gasteiger partial charge in [-0.3, -0.25) is 4.79 Å². The van der Waals surface area contributed by atoms with Crippen molar-refractivity contribution in [2.45, 2.75) is 32.1 Å². The highest BCUT2D eigenvalue weighted by molar-refractivity contribution is 9.10. The minimum atomic E-state index is -0.0960. The maximum Gasteiger partial charge on any atom is 0.165 e. The maximum absolute atomic E-state index is 12.1. The molecule has 1 N–H and O–H groups in total. The first-order chi connectivity index (χ1) is 7.98. The van der Waals surface area contributed by atoms with Crippen molar-refractivity contribution in [1.82, 2.24) is 0 Å². The highest BCUT2D eigenvalue weighted by atomic mass is 79.9. The highest BCUT2D eigenvalue weighted by Gasteiger charge is 2.38. The SMILES string of the molecule is CC1CC(C)(CCO)c2cc(Br)ccc2C1=O. The average molecular weight is 297 g/mol. The van der Waals surface area contributed by atoms with Gasteiger partial charge in [0.1, 0.15) is 0 Å². The Morgan fingerprint density at radius 3 is 2.88 bits per heavy atom. The minimum Gasteiger partial charge on any atom is -0.396 e. The van der Waals surface area contributed by atoms with E-state index in [1.54, 1.807) is 0 Å². The molecule has 2 unspecified atom stereocenters. The summed E-state index contributed by atoms with van der Waals surface area (Å²) in [7, 11) is 0. The van der Waals surface area contributed by atoms with E-state index in [-0.39, 0.29) is 23.7 Å². The number of fused-ring (bicyclic) bond motifs is 1. The van der Waals surface area contributed by atoms with E-state index in [4.69, 9.17) is 0 Å². The van der Waals surface area contributed by atoms with Crippen molar-refractivity contribution >= 4 is 21.7 Å². The maximum atomic E-state index is 12.1. The van der Waals surface area contributed by atoms with Crippen LogP contribution in [0.15, 0.2) is 22.7 Å². The third-order valence-corrected chi connectivity index (χ3v) is 4.26. The van der Waals surface area contributed by atoms with Gasteiger partial charge in [-0.1, -0.05) is 29.8 Å². The Kier molecular flexibility index (Phi) is 3.41. The molecule has 1 aliphatic rings. The third-order valence-electron chi connectivity index (χ3n) is 3.77. The van der Waals surface area contributed by atoms with Gasteiger partial charge in [-0.2, -0.15) is 0 Å². The highest BCUT2D eigenvalue weighted by Crippen LogP contribution is 2.42. The average Bonchev–Trinajstić information content (AvgIpc) is 2.26. The molecule has 0 fully saturated rings. The summed E-state index contributed by atoms with van der Waals surface area (Å²) in [5, 5.41) is 9.23. The van der Waals surface area contributed by atoms with Gasteiger partial charge in [-0.05, 0) is 42.0 Å². The van der Waals surface area contributed by atoms with Gasteiger partial charge in [0.2, 0.25) is 0 Å². The van der Waals surface area contributed by atoms with E-state index >= 15 is 0 Å². The van der Waals surface area contributed by atoms with Gasteiger partial charge in [0, 0.05) is 22.6 Å². The fourth-order valence-corrected chi connectivity index (χ4v) is 3.22. The number of halogens is 1. The van der Waals surface area contributed by atoms with E-state index in [1.807, 2.05) is 25.1 Å². The summed E-state index contributed by atoms with van der Waals surface area (Å²) in [5.74, 6) is 0.267. The van der Waals surface area contributed by atoms with Crippen LogP contribution in [0.3, 0.4) is 0 Å². The molecule has 2 rings (SSSR count). The Balaban J connectivity index is 2.57. The summed E-state index contributed by atoms with van der Waals surface area (Å²) in [4.78, 5) is 12.1. The van der Waals surface area contributed by atoms with Gasteiger partial charge in [0.15, 0.2) is 5.78 Å². The van der Waals surface area contributed by atoms with Crippen molar-refractivity contribution in [2.75, 3.05) is 6.61 Å². The number of aliphatic hydroxyl groups excluding tert-OH is 1. The van der Waals surface area contributed by atoms with Crippen molar-refractivity contribution in [3.8, 4) is 0 Å². The van der Waals surface area contributed by atoms with Gasteiger partial charge >= 0.3 is 0 Å². The number of rotatable bonds is 2. The zero-order chi connectivity index (χ0) is 12.6.